The van der Waals surface area contributed by atoms with Gasteiger partial charge >= 0.3 is 0 Å². The van der Waals surface area contributed by atoms with Gasteiger partial charge in [0.15, 0.2) is 0 Å². The molecule has 0 aliphatic carbocycles. The Balaban J connectivity index is 2.08. The summed E-state index contributed by atoms with van der Waals surface area (Å²) < 4.78 is 13.2. The number of nitrogens with one attached hydrogen (secondary N) is 1. The largest absolute Gasteiger partial charge is 0.337 e. The minimum atomic E-state index is -0.332. The highest BCUT2D eigenvalue weighted by Crippen LogP contribution is 2.20. The zero-order valence-electron chi connectivity index (χ0n) is 11.4. The Hall–Kier alpha value is -2.93. The highest BCUT2D eigenvalue weighted by atomic mass is 19.1. The van der Waals surface area contributed by atoms with Gasteiger partial charge in [0.05, 0.1) is 16.6 Å². The van der Waals surface area contributed by atoms with Gasteiger partial charge < -0.3 is 4.98 Å². The molecule has 21 heavy (non-hydrogen) atoms. The molecule has 0 spiro atoms. The molecule has 3 nitrogen and oxygen atoms in total. The van der Waals surface area contributed by atoms with Crippen LogP contribution < -0.4 is 0 Å². The Morgan fingerprint density at radius 1 is 1.29 bits per heavy atom. The van der Waals surface area contributed by atoms with Crippen molar-refractivity contribution in [2.24, 2.45) is 0 Å². The summed E-state index contributed by atoms with van der Waals surface area (Å²) >= 11 is 0. The number of halogens is 1. The fourth-order valence-electron chi connectivity index (χ4n) is 2.17. The lowest BCUT2D eigenvalue weighted by Gasteiger charge is -1.96. The van der Waals surface area contributed by atoms with Gasteiger partial charge in [0, 0.05) is 0 Å². The van der Waals surface area contributed by atoms with E-state index in [0.29, 0.717) is 17.0 Å². The first kappa shape index (κ1) is 13.1. The fourth-order valence-corrected chi connectivity index (χ4v) is 2.17. The van der Waals surface area contributed by atoms with Gasteiger partial charge in [-0.05, 0) is 48.4 Å². The van der Waals surface area contributed by atoms with Crippen molar-refractivity contribution in [1.29, 1.82) is 5.26 Å². The first-order valence-electron chi connectivity index (χ1n) is 6.50. The van der Waals surface area contributed by atoms with Crippen LogP contribution >= 0.6 is 0 Å². The highest BCUT2D eigenvalue weighted by molar-refractivity contribution is 5.90. The van der Waals surface area contributed by atoms with Crippen LogP contribution in [0.2, 0.25) is 0 Å². The molecule has 0 aliphatic rings. The molecule has 0 radical (unpaired) electrons. The predicted octanol–water partition coefficient (Wildman–Crippen LogP) is 4.07. The number of benzene rings is 2. The summed E-state index contributed by atoms with van der Waals surface area (Å²) in [6.45, 7) is 1.99. The Morgan fingerprint density at radius 3 is 2.90 bits per heavy atom. The van der Waals surface area contributed by atoms with Crippen LogP contribution in [0.5, 0.6) is 0 Å². The molecule has 0 fully saturated rings. The zero-order chi connectivity index (χ0) is 14.8. The number of hydrogen-bond acceptors (Lipinski definition) is 2. The summed E-state index contributed by atoms with van der Waals surface area (Å²) in [5, 5.41) is 9.32. The Morgan fingerprint density at radius 2 is 2.14 bits per heavy atom. The Bertz CT molecular complexity index is 884. The van der Waals surface area contributed by atoms with Gasteiger partial charge in [0.2, 0.25) is 0 Å². The molecule has 3 rings (SSSR count). The summed E-state index contributed by atoms with van der Waals surface area (Å²) in [7, 11) is 0. The van der Waals surface area contributed by atoms with Gasteiger partial charge in [-0.3, -0.25) is 0 Å². The van der Waals surface area contributed by atoms with Crippen molar-refractivity contribution in [2.75, 3.05) is 0 Å². The maximum Gasteiger partial charge on any atom is 0.149 e. The minimum Gasteiger partial charge on any atom is -0.337 e. The van der Waals surface area contributed by atoms with Crippen LogP contribution in [0.25, 0.3) is 22.7 Å². The maximum atomic E-state index is 13.2. The summed E-state index contributed by atoms with van der Waals surface area (Å²) in [6, 6.07) is 14.1. The topological polar surface area (TPSA) is 52.5 Å². The van der Waals surface area contributed by atoms with Crippen LogP contribution in [-0.2, 0) is 0 Å². The lowest BCUT2D eigenvalue weighted by molar-refractivity contribution is 0.627. The zero-order valence-corrected chi connectivity index (χ0v) is 11.4. The van der Waals surface area contributed by atoms with Crippen LogP contribution in [0.15, 0.2) is 42.5 Å². The van der Waals surface area contributed by atoms with Crippen LogP contribution in [-0.4, -0.2) is 9.97 Å². The molecule has 2 aromatic carbocycles. The first-order valence-corrected chi connectivity index (χ1v) is 6.50. The smallest absolute Gasteiger partial charge is 0.149 e. The van der Waals surface area contributed by atoms with Crippen molar-refractivity contribution >= 4 is 22.7 Å². The first-order chi connectivity index (χ1) is 10.2. The standard InChI is InChI=1S/C17H12FN3/c1-11-5-6-15-16(7-11)21-17(20-15)13(10-19)8-12-3-2-4-14(18)9-12/h2-9H,1H3,(H,20,21)/b13-8-. The molecule has 0 amide bonds. The van der Waals surface area contributed by atoms with E-state index in [1.54, 1.807) is 18.2 Å². The van der Waals surface area contributed by atoms with E-state index in [1.165, 1.54) is 12.1 Å². The van der Waals surface area contributed by atoms with Crippen molar-refractivity contribution in [3.63, 3.8) is 0 Å². The third-order valence-electron chi connectivity index (χ3n) is 3.17. The number of aromatic nitrogens is 2. The fraction of sp³-hybridized carbons (Fsp3) is 0.0588. The lowest BCUT2D eigenvalue weighted by atomic mass is 10.1. The molecule has 0 atom stereocenters. The van der Waals surface area contributed by atoms with Crippen molar-refractivity contribution in [3.8, 4) is 6.07 Å². The van der Waals surface area contributed by atoms with Crippen LogP contribution in [0.1, 0.15) is 17.0 Å². The maximum absolute atomic E-state index is 13.2. The SMILES string of the molecule is Cc1ccc2nc(/C(C#N)=C\c3cccc(F)c3)[nH]c2c1. The molecule has 3 aromatic rings. The van der Waals surface area contributed by atoms with E-state index in [4.69, 9.17) is 0 Å². The van der Waals surface area contributed by atoms with E-state index in [0.717, 1.165) is 16.6 Å². The van der Waals surface area contributed by atoms with E-state index < -0.39 is 0 Å². The molecule has 0 saturated heterocycles. The van der Waals surface area contributed by atoms with Crippen LogP contribution in [0.3, 0.4) is 0 Å². The normalized spacial score (nSPS) is 11.6. The summed E-state index contributed by atoms with van der Waals surface area (Å²) in [4.78, 5) is 7.53. The second-order valence-electron chi connectivity index (χ2n) is 4.83. The molecular formula is C17H12FN3. The second-order valence-corrected chi connectivity index (χ2v) is 4.83. The second kappa shape index (κ2) is 5.22. The van der Waals surface area contributed by atoms with Crippen molar-refractivity contribution in [2.45, 2.75) is 6.92 Å². The quantitative estimate of drug-likeness (QED) is 0.718. The Labute approximate surface area is 121 Å². The van der Waals surface area contributed by atoms with E-state index in [1.807, 2.05) is 25.1 Å². The number of imidazole rings is 1. The molecule has 102 valence electrons. The highest BCUT2D eigenvalue weighted by Gasteiger charge is 2.08. The predicted molar refractivity (Wildman–Crippen MR) is 80.7 cm³/mol. The number of H-pyrrole nitrogens is 1. The van der Waals surface area contributed by atoms with Gasteiger partial charge in [0.25, 0.3) is 0 Å². The minimum absolute atomic E-state index is 0.332. The number of allylic oxidation sites excluding steroid dienone is 1. The molecular weight excluding hydrogens is 265 g/mol. The number of rotatable bonds is 2. The molecule has 1 heterocycles. The number of aryl methyl sites for hydroxylation is 1. The number of aromatic amines is 1. The average Bonchev–Trinajstić information content (AvgIpc) is 2.87. The van der Waals surface area contributed by atoms with E-state index in [-0.39, 0.29) is 5.82 Å². The lowest BCUT2D eigenvalue weighted by Crippen LogP contribution is -1.85. The van der Waals surface area contributed by atoms with Gasteiger partial charge in [-0.2, -0.15) is 5.26 Å². The van der Waals surface area contributed by atoms with Crippen LogP contribution in [0.4, 0.5) is 4.39 Å². The monoisotopic (exact) mass is 277 g/mol. The van der Waals surface area contributed by atoms with Gasteiger partial charge in [0.1, 0.15) is 17.7 Å². The van der Waals surface area contributed by atoms with Gasteiger partial charge in [-0.25, -0.2) is 9.37 Å². The van der Waals surface area contributed by atoms with Crippen molar-refractivity contribution in [1.82, 2.24) is 9.97 Å². The van der Waals surface area contributed by atoms with Gasteiger partial charge in [-0.1, -0.05) is 18.2 Å². The summed E-state index contributed by atoms with van der Waals surface area (Å²) in [5.41, 5.74) is 3.80. The number of nitrogens with zero attached hydrogens (tertiary/aromatic N) is 2. The molecule has 0 bridgehead atoms. The van der Waals surface area contributed by atoms with E-state index >= 15 is 0 Å². The molecule has 0 aliphatic heterocycles. The summed E-state index contributed by atoms with van der Waals surface area (Å²) in [6.07, 6.45) is 1.62. The van der Waals surface area contributed by atoms with Crippen molar-refractivity contribution < 1.29 is 4.39 Å². The average molecular weight is 277 g/mol. The third-order valence-corrected chi connectivity index (χ3v) is 3.17. The van der Waals surface area contributed by atoms with Gasteiger partial charge in [-0.15, -0.1) is 0 Å². The number of nitriles is 1. The molecule has 0 saturated carbocycles. The molecule has 1 aromatic heterocycles. The van der Waals surface area contributed by atoms with Crippen LogP contribution in [0, 0.1) is 24.1 Å². The molecule has 1 N–H and O–H groups in total. The van der Waals surface area contributed by atoms with Crippen molar-refractivity contribution in [3.05, 3.63) is 65.2 Å². The summed E-state index contributed by atoms with van der Waals surface area (Å²) in [5.74, 6) is 0.156. The van der Waals surface area contributed by atoms with E-state index in [9.17, 15) is 9.65 Å². The number of fused-ring (bicyclic) bond motifs is 1. The molecule has 0 unspecified atom stereocenters. The van der Waals surface area contributed by atoms with E-state index in [2.05, 4.69) is 16.0 Å². The molecule has 4 heteroatoms. The Kier molecular flexibility index (Phi) is 3.25. The number of hydrogen-bond donors (Lipinski definition) is 1. The third kappa shape index (κ3) is 2.67.